The molecule has 10 heteroatoms. The second-order valence-corrected chi connectivity index (χ2v) is 10.9. The van der Waals surface area contributed by atoms with E-state index in [1.807, 2.05) is 4.90 Å². The number of hydrogen-bond acceptors (Lipinski definition) is 6. The molecule has 29 heavy (non-hydrogen) atoms. The Morgan fingerprint density at radius 1 is 1.14 bits per heavy atom. The van der Waals surface area contributed by atoms with E-state index in [1.54, 1.807) is 4.90 Å². The third-order valence-corrected chi connectivity index (χ3v) is 7.50. The highest BCUT2D eigenvalue weighted by atomic mass is 32.2. The van der Waals surface area contributed by atoms with E-state index in [0.29, 0.717) is 51.5 Å². The number of nitrogens with zero attached hydrogens (tertiary/aromatic N) is 3. The second kappa shape index (κ2) is 8.59. The fourth-order valence-corrected chi connectivity index (χ4v) is 5.08. The zero-order chi connectivity index (χ0) is 21.2. The Morgan fingerprint density at radius 2 is 1.76 bits per heavy atom. The summed E-state index contributed by atoms with van der Waals surface area (Å²) >= 11 is 0. The molecule has 0 bridgehead atoms. The van der Waals surface area contributed by atoms with Gasteiger partial charge >= 0.3 is 6.03 Å². The van der Waals surface area contributed by atoms with Crippen molar-refractivity contribution in [2.45, 2.75) is 44.6 Å². The number of imide groups is 1. The minimum Gasteiger partial charge on any atom is -0.339 e. The first kappa shape index (κ1) is 22.0. The van der Waals surface area contributed by atoms with Crippen LogP contribution >= 0.6 is 0 Å². The van der Waals surface area contributed by atoms with Crippen molar-refractivity contribution < 1.29 is 22.8 Å². The largest absolute Gasteiger partial charge is 0.339 e. The summed E-state index contributed by atoms with van der Waals surface area (Å²) in [7, 11) is -3.01. The van der Waals surface area contributed by atoms with E-state index in [-0.39, 0.29) is 24.1 Å². The zero-order valence-corrected chi connectivity index (χ0v) is 18.2. The van der Waals surface area contributed by atoms with Crippen LogP contribution in [0.4, 0.5) is 4.79 Å². The predicted molar refractivity (Wildman–Crippen MR) is 108 cm³/mol. The average Bonchev–Trinajstić information content (AvgIpc) is 2.91. The molecule has 1 N–H and O–H groups in total. The first-order chi connectivity index (χ1) is 13.6. The third kappa shape index (κ3) is 5.09. The lowest BCUT2D eigenvalue weighted by atomic mass is 9.75. The Labute approximate surface area is 172 Å². The van der Waals surface area contributed by atoms with Crippen LogP contribution in [0.1, 0.15) is 39.0 Å². The monoisotopic (exact) mass is 428 g/mol. The number of nitrogens with one attached hydrogen (secondary N) is 1. The molecule has 0 aromatic carbocycles. The maximum absolute atomic E-state index is 12.9. The normalized spacial score (nSPS) is 28.8. The number of sulfone groups is 1. The summed E-state index contributed by atoms with van der Waals surface area (Å²) < 4.78 is 22.6. The Kier molecular flexibility index (Phi) is 6.52. The van der Waals surface area contributed by atoms with Crippen molar-refractivity contribution in [3.63, 3.8) is 0 Å². The Bertz CT molecular complexity index is 753. The fraction of sp³-hybridized carbons (Fsp3) is 0.842. The van der Waals surface area contributed by atoms with Gasteiger partial charge in [0.25, 0.3) is 5.91 Å². The van der Waals surface area contributed by atoms with Gasteiger partial charge in [0.2, 0.25) is 5.91 Å². The lowest BCUT2D eigenvalue weighted by molar-refractivity contribution is -0.140. The molecular formula is C19H32N4O5S. The molecular weight excluding hydrogens is 396 g/mol. The van der Waals surface area contributed by atoms with E-state index in [4.69, 9.17) is 0 Å². The van der Waals surface area contributed by atoms with E-state index in [0.717, 1.165) is 24.2 Å². The van der Waals surface area contributed by atoms with Crippen LogP contribution in [0.15, 0.2) is 0 Å². The minimum absolute atomic E-state index is 0.102. The molecule has 1 saturated carbocycles. The second-order valence-electron chi connectivity index (χ2n) is 8.61. The summed E-state index contributed by atoms with van der Waals surface area (Å²) in [5.41, 5.74) is -0.826. The van der Waals surface area contributed by atoms with Crippen molar-refractivity contribution in [2.24, 2.45) is 5.92 Å². The van der Waals surface area contributed by atoms with Gasteiger partial charge in [-0.3, -0.25) is 19.4 Å². The number of rotatable bonds is 6. The van der Waals surface area contributed by atoms with Gasteiger partial charge in [0.15, 0.2) is 0 Å². The van der Waals surface area contributed by atoms with Crippen molar-refractivity contribution in [3.8, 4) is 0 Å². The number of carbonyl (C=O) groups is 3. The smallest absolute Gasteiger partial charge is 0.325 e. The van der Waals surface area contributed by atoms with E-state index < -0.39 is 21.4 Å². The summed E-state index contributed by atoms with van der Waals surface area (Å²) in [6.07, 6.45) is 5.40. The molecule has 0 aromatic rings. The van der Waals surface area contributed by atoms with Crippen LogP contribution < -0.4 is 5.32 Å². The fourth-order valence-electron chi connectivity index (χ4n) is 4.49. The number of amides is 4. The van der Waals surface area contributed by atoms with E-state index in [9.17, 15) is 22.8 Å². The van der Waals surface area contributed by atoms with Crippen molar-refractivity contribution in [1.29, 1.82) is 0 Å². The van der Waals surface area contributed by atoms with Gasteiger partial charge in [-0.1, -0.05) is 13.3 Å². The van der Waals surface area contributed by atoms with Crippen molar-refractivity contribution in [3.05, 3.63) is 0 Å². The lowest BCUT2D eigenvalue weighted by Gasteiger charge is -2.36. The summed E-state index contributed by atoms with van der Waals surface area (Å²) in [4.78, 5) is 42.8. The van der Waals surface area contributed by atoms with Crippen molar-refractivity contribution in [1.82, 2.24) is 20.0 Å². The quantitative estimate of drug-likeness (QED) is 0.600. The molecule has 9 nitrogen and oxygen atoms in total. The molecule has 1 aliphatic carbocycles. The topological polar surface area (TPSA) is 107 Å². The van der Waals surface area contributed by atoms with Gasteiger partial charge in [-0.15, -0.1) is 0 Å². The number of hydrogen-bond donors (Lipinski definition) is 1. The maximum atomic E-state index is 12.9. The van der Waals surface area contributed by atoms with E-state index >= 15 is 0 Å². The third-order valence-electron chi connectivity index (χ3n) is 6.58. The van der Waals surface area contributed by atoms with Crippen molar-refractivity contribution in [2.75, 3.05) is 51.3 Å². The summed E-state index contributed by atoms with van der Waals surface area (Å²) in [5, 5.41) is 2.86. The van der Waals surface area contributed by atoms with Crippen LogP contribution in [0.25, 0.3) is 0 Å². The highest BCUT2D eigenvalue weighted by Gasteiger charge is 2.52. The van der Waals surface area contributed by atoms with Gasteiger partial charge in [-0.05, 0) is 31.6 Å². The van der Waals surface area contributed by atoms with Crippen LogP contribution in [0.3, 0.4) is 0 Å². The number of carbonyl (C=O) groups excluding carboxylic acids is 3. The molecule has 0 aromatic heterocycles. The first-order valence-electron chi connectivity index (χ1n) is 10.5. The molecule has 2 saturated heterocycles. The molecule has 1 spiro atoms. The van der Waals surface area contributed by atoms with Gasteiger partial charge in [0, 0.05) is 39.0 Å². The standard InChI is InChI=1S/C19H32N4O5S/c1-3-15-4-6-19(7-5-15)17(25)23(18(26)20-19)14-16(24)22-10-8-21(9-11-22)12-13-29(2,27)28/h15H,3-14H2,1-2H3,(H,20,26). The molecule has 0 unspecified atom stereocenters. The first-order valence-corrected chi connectivity index (χ1v) is 12.5. The van der Waals surface area contributed by atoms with Crippen LogP contribution in [-0.4, -0.2) is 97.8 Å². The molecule has 3 fully saturated rings. The molecule has 164 valence electrons. The molecule has 2 heterocycles. The van der Waals surface area contributed by atoms with Gasteiger partial charge in [0.05, 0.1) is 5.75 Å². The SMILES string of the molecule is CCC1CCC2(CC1)NC(=O)N(CC(=O)N1CCN(CCS(C)(=O)=O)CC1)C2=O. The molecule has 3 aliphatic rings. The van der Waals surface area contributed by atoms with Crippen LogP contribution in [0.5, 0.6) is 0 Å². The molecule has 0 atom stereocenters. The van der Waals surface area contributed by atoms with Gasteiger partial charge in [-0.25, -0.2) is 13.2 Å². The highest BCUT2D eigenvalue weighted by molar-refractivity contribution is 7.90. The van der Waals surface area contributed by atoms with E-state index in [2.05, 4.69) is 12.2 Å². The Hall–Kier alpha value is -1.68. The van der Waals surface area contributed by atoms with Crippen LogP contribution in [0, 0.1) is 5.92 Å². The molecule has 2 aliphatic heterocycles. The summed E-state index contributed by atoms with van der Waals surface area (Å²) in [5.74, 6) is 0.192. The molecule has 3 rings (SSSR count). The van der Waals surface area contributed by atoms with Gasteiger partial charge < -0.3 is 10.2 Å². The summed E-state index contributed by atoms with van der Waals surface area (Å²) in [6, 6.07) is -0.468. The van der Waals surface area contributed by atoms with E-state index in [1.165, 1.54) is 6.26 Å². The van der Waals surface area contributed by atoms with Crippen molar-refractivity contribution >= 4 is 27.7 Å². The lowest BCUT2D eigenvalue weighted by Crippen LogP contribution is -2.53. The molecule has 4 amide bonds. The van der Waals surface area contributed by atoms with Crippen LogP contribution in [-0.2, 0) is 19.4 Å². The Balaban J connectivity index is 1.51. The zero-order valence-electron chi connectivity index (χ0n) is 17.4. The number of urea groups is 1. The molecule has 0 radical (unpaired) electrons. The predicted octanol–water partition coefficient (Wildman–Crippen LogP) is 0.0660. The minimum atomic E-state index is -3.01. The average molecular weight is 429 g/mol. The highest BCUT2D eigenvalue weighted by Crippen LogP contribution is 2.37. The number of piperazine rings is 1. The van der Waals surface area contributed by atoms with Gasteiger partial charge in [0.1, 0.15) is 21.9 Å². The van der Waals surface area contributed by atoms with Gasteiger partial charge in [-0.2, -0.15) is 0 Å². The Morgan fingerprint density at radius 3 is 2.31 bits per heavy atom. The van der Waals surface area contributed by atoms with Crippen LogP contribution in [0.2, 0.25) is 0 Å². The summed E-state index contributed by atoms with van der Waals surface area (Å²) in [6.45, 7) is 4.48. The maximum Gasteiger partial charge on any atom is 0.325 e.